The number of nitrogens with one attached hydrogen (secondary N) is 1. The van der Waals surface area contributed by atoms with E-state index >= 15 is 0 Å². The average Bonchev–Trinajstić information content (AvgIpc) is 2.51. The first-order valence-corrected chi connectivity index (χ1v) is 7.50. The van der Waals surface area contributed by atoms with E-state index in [1.807, 2.05) is 0 Å². The second-order valence-electron chi connectivity index (χ2n) is 5.26. The Morgan fingerprint density at radius 3 is 2.36 bits per heavy atom. The molecule has 1 heterocycles. The van der Waals surface area contributed by atoms with Crippen molar-refractivity contribution in [2.45, 2.75) is 25.6 Å². The molecule has 10 heteroatoms. The molecule has 0 aromatic heterocycles. The molecule has 0 spiro atoms. The molecule has 3 N–H and O–H groups in total. The van der Waals surface area contributed by atoms with E-state index in [0.717, 1.165) is 17.0 Å². The molecular formula is C15H17F3N4O3. The van der Waals surface area contributed by atoms with Crippen molar-refractivity contribution in [2.75, 3.05) is 18.4 Å². The fourth-order valence-corrected chi connectivity index (χ4v) is 2.25. The van der Waals surface area contributed by atoms with Crippen molar-refractivity contribution >= 4 is 23.5 Å². The van der Waals surface area contributed by atoms with Gasteiger partial charge in [-0.25, -0.2) is 0 Å². The Bertz CT molecular complexity index is 643. The maximum atomic E-state index is 12.1. The lowest BCUT2D eigenvalue weighted by Crippen LogP contribution is -2.41. The van der Waals surface area contributed by atoms with Crippen LogP contribution in [-0.4, -0.2) is 42.1 Å². The van der Waals surface area contributed by atoms with E-state index < -0.39 is 6.36 Å². The monoisotopic (exact) mass is 358 g/mol. The summed E-state index contributed by atoms with van der Waals surface area (Å²) in [7, 11) is 0. The number of hydrogen-bond donors (Lipinski definition) is 2. The molecule has 136 valence electrons. The van der Waals surface area contributed by atoms with Gasteiger partial charge in [-0.1, -0.05) is 0 Å². The van der Waals surface area contributed by atoms with Crippen LogP contribution in [0.25, 0.3) is 0 Å². The highest BCUT2D eigenvalue weighted by molar-refractivity contribution is 5.97. The van der Waals surface area contributed by atoms with Gasteiger partial charge in [-0.05, 0) is 30.7 Å². The molecule has 1 aromatic rings. The number of ether oxygens (including phenoxy) is 1. The molecule has 0 unspecified atom stereocenters. The number of amides is 2. The quantitative estimate of drug-likeness (QED) is 0.476. The van der Waals surface area contributed by atoms with Crippen molar-refractivity contribution in [3.8, 4) is 5.75 Å². The van der Waals surface area contributed by atoms with Gasteiger partial charge in [0.2, 0.25) is 11.8 Å². The molecule has 25 heavy (non-hydrogen) atoms. The van der Waals surface area contributed by atoms with E-state index in [2.05, 4.69) is 15.0 Å². The predicted octanol–water partition coefficient (Wildman–Crippen LogP) is 1.85. The number of nitrogens with two attached hydrogens (primary N) is 1. The maximum Gasteiger partial charge on any atom is 0.573 e. The van der Waals surface area contributed by atoms with Crippen LogP contribution in [0.1, 0.15) is 19.3 Å². The van der Waals surface area contributed by atoms with Gasteiger partial charge in [0.15, 0.2) is 5.96 Å². The molecule has 7 nitrogen and oxygen atoms in total. The zero-order valence-corrected chi connectivity index (χ0v) is 13.2. The summed E-state index contributed by atoms with van der Waals surface area (Å²) in [5.41, 5.74) is 6.09. The normalized spacial score (nSPS) is 16.1. The summed E-state index contributed by atoms with van der Waals surface area (Å²) >= 11 is 0. The number of carbonyl (C=O) groups is 2. The third-order valence-corrected chi connectivity index (χ3v) is 3.35. The number of aliphatic imine (C=N–C) groups is 1. The second-order valence-corrected chi connectivity index (χ2v) is 5.26. The molecule has 2 amide bonds. The summed E-state index contributed by atoms with van der Waals surface area (Å²) in [6, 6.07) is 4.96. The molecule has 0 aliphatic carbocycles. The number of guanidine groups is 1. The van der Waals surface area contributed by atoms with Crippen LogP contribution < -0.4 is 15.8 Å². The fourth-order valence-electron chi connectivity index (χ4n) is 2.25. The molecule has 0 saturated carbocycles. The number of imide groups is 1. The van der Waals surface area contributed by atoms with Crippen LogP contribution in [0.2, 0.25) is 0 Å². The van der Waals surface area contributed by atoms with Crippen LogP contribution >= 0.6 is 0 Å². The van der Waals surface area contributed by atoms with Gasteiger partial charge in [-0.3, -0.25) is 19.5 Å². The van der Waals surface area contributed by atoms with Gasteiger partial charge in [0.25, 0.3) is 0 Å². The van der Waals surface area contributed by atoms with Gasteiger partial charge in [0.05, 0.1) is 6.54 Å². The van der Waals surface area contributed by atoms with Crippen LogP contribution in [0.3, 0.4) is 0 Å². The van der Waals surface area contributed by atoms with Crippen LogP contribution in [0.15, 0.2) is 29.3 Å². The van der Waals surface area contributed by atoms with Gasteiger partial charge in [-0.2, -0.15) is 0 Å². The number of rotatable bonds is 5. The van der Waals surface area contributed by atoms with Crippen LogP contribution in [0, 0.1) is 0 Å². The highest BCUT2D eigenvalue weighted by Crippen LogP contribution is 2.23. The minimum absolute atomic E-state index is 0.0152. The Morgan fingerprint density at radius 1 is 1.20 bits per heavy atom. The van der Waals surface area contributed by atoms with Crippen molar-refractivity contribution in [3.05, 3.63) is 24.3 Å². The number of hydrogen-bond acceptors (Lipinski definition) is 4. The van der Waals surface area contributed by atoms with Crippen LogP contribution in [0.5, 0.6) is 5.75 Å². The average molecular weight is 358 g/mol. The molecule has 0 radical (unpaired) electrons. The standard InChI is InChI=1S/C15H17F3N4O3/c16-15(17,18)25-11-6-4-10(5-7-11)21-14(19)20-8-9-22-12(23)2-1-3-13(22)24/h4-7H,1-3,8-9H2,(H3,19,20,21). The summed E-state index contributed by atoms with van der Waals surface area (Å²) in [5, 5.41) is 2.69. The molecular weight excluding hydrogens is 341 g/mol. The summed E-state index contributed by atoms with van der Waals surface area (Å²) in [6.45, 7) is 0.268. The highest BCUT2D eigenvalue weighted by atomic mass is 19.4. The molecule has 0 bridgehead atoms. The Kier molecular flexibility index (Phi) is 5.84. The third kappa shape index (κ3) is 5.98. The van der Waals surface area contributed by atoms with Crippen molar-refractivity contribution < 1.29 is 27.5 Å². The van der Waals surface area contributed by atoms with Crippen molar-refractivity contribution in [1.29, 1.82) is 0 Å². The highest BCUT2D eigenvalue weighted by Gasteiger charge is 2.31. The SMILES string of the molecule is NC(=NCCN1C(=O)CCCC1=O)Nc1ccc(OC(F)(F)F)cc1. The first-order valence-electron chi connectivity index (χ1n) is 7.50. The maximum absolute atomic E-state index is 12.1. The lowest BCUT2D eigenvalue weighted by Gasteiger charge is -2.23. The Labute approximate surface area is 141 Å². The summed E-state index contributed by atoms with van der Waals surface area (Å²) in [4.78, 5) is 28.4. The Morgan fingerprint density at radius 2 is 1.80 bits per heavy atom. The van der Waals surface area contributed by atoms with Crippen LogP contribution in [-0.2, 0) is 9.59 Å². The van der Waals surface area contributed by atoms with Gasteiger partial charge >= 0.3 is 6.36 Å². The van der Waals surface area contributed by atoms with E-state index in [1.54, 1.807) is 0 Å². The molecule has 1 saturated heterocycles. The van der Waals surface area contributed by atoms with Crippen LogP contribution in [0.4, 0.5) is 18.9 Å². The molecule has 1 aliphatic rings. The minimum atomic E-state index is -4.75. The van der Waals surface area contributed by atoms with E-state index in [4.69, 9.17) is 5.73 Å². The summed E-state index contributed by atoms with van der Waals surface area (Å²) in [6.07, 6.45) is -3.50. The predicted molar refractivity (Wildman–Crippen MR) is 83.8 cm³/mol. The van der Waals surface area contributed by atoms with E-state index in [1.165, 1.54) is 12.1 Å². The molecule has 0 atom stereocenters. The summed E-state index contributed by atoms with van der Waals surface area (Å²) < 4.78 is 40.0. The van der Waals surface area contributed by atoms with Crippen molar-refractivity contribution in [3.63, 3.8) is 0 Å². The number of halogens is 3. The number of likely N-dealkylation sites (tertiary alicyclic amines) is 1. The number of piperidine rings is 1. The molecule has 1 aromatic carbocycles. The van der Waals surface area contributed by atoms with Crippen molar-refractivity contribution in [1.82, 2.24) is 4.90 Å². The minimum Gasteiger partial charge on any atom is -0.406 e. The van der Waals surface area contributed by atoms with Gasteiger partial charge in [-0.15, -0.1) is 13.2 Å². The first-order chi connectivity index (χ1) is 11.7. The number of alkyl halides is 3. The molecule has 1 fully saturated rings. The number of nitrogens with zero attached hydrogens (tertiary/aromatic N) is 2. The Balaban J connectivity index is 1.84. The lowest BCUT2D eigenvalue weighted by atomic mass is 10.1. The second kappa shape index (κ2) is 7.86. The largest absolute Gasteiger partial charge is 0.573 e. The van der Waals surface area contributed by atoms with Gasteiger partial charge in [0.1, 0.15) is 5.75 Å². The third-order valence-electron chi connectivity index (χ3n) is 3.35. The van der Waals surface area contributed by atoms with Gasteiger partial charge in [0, 0.05) is 25.1 Å². The van der Waals surface area contributed by atoms with Crippen molar-refractivity contribution in [2.24, 2.45) is 10.7 Å². The van der Waals surface area contributed by atoms with E-state index in [-0.39, 0.29) is 36.6 Å². The fraction of sp³-hybridized carbons (Fsp3) is 0.400. The van der Waals surface area contributed by atoms with Gasteiger partial charge < -0.3 is 15.8 Å². The zero-order chi connectivity index (χ0) is 18.4. The molecule has 2 rings (SSSR count). The number of benzene rings is 1. The topological polar surface area (TPSA) is 97.0 Å². The molecule has 1 aliphatic heterocycles. The number of carbonyl (C=O) groups excluding carboxylic acids is 2. The summed E-state index contributed by atoms with van der Waals surface area (Å²) in [5.74, 6) is -0.784. The zero-order valence-electron chi connectivity index (χ0n) is 13.2. The number of anilines is 1. The van der Waals surface area contributed by atoms with E-state index in [9.17, 15) is 22.8 Å². The lowest BCUT2D eigenvalue weighted by molar-refractivity contribution is -0.274. The van der Waals surface area contributed by atoms with E-state index in [0.29, 0.717) is 24.9 Å². The first kappa shape index (κ1) is 18.6. The smallest absolute Gasteiger partial charge is 0.406 e. The Hall–Kier alpha value is -2.78.